The topological polar surface area (TPSA) is 26.0 Å². The van der Waals surface area contributed by atoms with E-state index in [0.29, 0.717) is 0 Å². The summed E-state index contributed by atoms with van der Waals surface area (Å²) in [6.07, 6.45) is 0. The number of nitrogens with two attached hydrogens (primary N) is 1. The zero-order chi connectivity index (χ0) is 7.23. The molecule has 10 heavy (non-hydrogen) atoms. The maximum atomic E-state index is 5.41. The Morgan fingerprint density at radius 1 is 1.20 bits per heavy atom. The molecule has 0 saturated heterocycles. The molecule has 0 amide bonds. The van der Waals surface area contributed by atoms with E-state index in [4.69, 9.17) is 5.73 Å². The molecule has 0 heterocycles. The van der Waals surface area contributed by atoms with Crippen LogP contribution in [0.25, 0.3) is 0 Å². The van der Waals surface area contributed by atoms with Crippen LogP contribution in [-0.2, 0) is 0 Å². The van der Waals surface area contributed by atoms with Crippen LogP contribution in [0.2, 0.25) is 4.47 Å². The van der Waals surface area contributed by atoms with Crippen molar-refractivity contribution in [3.63, 3.8) is 0 Å². The van der Waals surface area contributed by atoms with Gasteiger partial charge >= 0.3 is 71.6 Å². The predicted octanol–water partition coefficient (Wildman–Crippen LogP) is 0.393. The Bertz CT molecular complexity index is 174. The molecule has 0 unspecified atom stereocenters. The van der Waals surface area contributed by atoms with Crippen LogP contribution in [0.1, 0.15) is 0 Å². The van der Waals surface area contributed by atoms with Gasteiger partial charge in [-0.25, -0.2) is 0 Å². The van der Waals surface area contributed by atoms with Crippen LogP contribution in [0.4, 0.5) is 0 Å². The summed E-state index contributed by atoms with van der Waals surface area (Å²) in [7, 11) is 0. The predicted molar refractivity (Wildman–Crippen MR) is 45.7 cm³/mol. The van der Waals surface area contributed by atoms with Crippen LogP contribution in [0, 0.1) is 0 Å². The van der Waals surface area contributed by atoms with Gasteiger partial charge in [0.05, 0.1) is 0 Å². The van der Waals surface area contributed by atoms with Crippen molar-refractivity contribution < 1.29 is 0 Å². The summed E-state index contributed by atoms with van der Waals surface area (Å²) in [4.78, 5) is 0. The van der Waals surface area contributed by atoms with E-state index in [2.05, 4.69) is 30.3 Å². The summed E-state index contributed by atoms with van der Waals surface area (Å²) >= 11 is 0.0368. The van der Waals surface area contributed by atoms with Crippen molar-refractivity contribution in [3.05, 3.63) is 30.3 Å². The fourth-order valence-corrected chi connectivity index (χ4v) is 2.70. The van der Waals surface area contributed by atoms with Crippen LogP contribution in [-0.4, -0.2) is 27.5 Å². The Kier molecular flexibility index (Phi) is 3.82. The summed E-state index contributed by atoms with van der Waals surface area (Å²) in [6.45, 7) is 0.844. The fraction of sp³-hybridized carbons (Fsp3) is 0.250. The van der Waals surface area contributed by atoms with Gasteiger partial charge in [0.2, 0.25) is 0 Å². The van der Waals surface area contributed by atoms with E-state index in [1.807, 2.05) is 0 Å². The second-order valence-electron chi connectivity index (χ2n) is 1.95. The van der Waals surface area contributed by atoms with E-state index in [1.54, 1.807) is 0 Å². The second-order valence-corrected chi connectivity index (χ2v) is 5.28. The Morgan fingerprint density at radius 3 is 2.50 bits per heavy atom. The quantitative estimate of drug-likeness (QED) is 0.770. The van der Waals surface area contributed by atoms with E-state index in [9.17, 15) is 0 Å². The van der Waals surface area contributed by atoms with E-state index in [1.165, 1.54) is 8.08 Å². The van der Waals surface area contributed by atoms with Gasteiger partial charge in [-0.05, 0) is 0 Å². The van der Waals surface area contributed by atoms with Crippen molar-refractivity contribution in [2.24, 2.45) is 5.73 Å². The van der Waals surface area contributed by atoms with Crippen molar-refractivity contribution in [3.8, 4) is 0 Å². The molecule has 0 spiro atoms. The SMILES string of the molecule is NCC[Te]c1ccccc1. The zero-order valence-corrected chi connectivity index (χ0v) is 8.12. The van der Waals surface area contributed by atoms with Gasteiger partial charge < -0.3 is 0 Å². The molecule has 0 atom stereocenters. The van der Waals surface area contributed by atoms with Crippen molar-refractivity contribution in [2.45, 2.75) is 4.47 Å². The fourth-order valence-electron chi connectivity index (χ4n) is 0.693. The molecule has 0 fully saturated rings. The van der Waals surface area contributed by atoms with Gasteiger partial charge in [-0.1, -0.05) is 0 Å². The average Bonchev–Trinajstić information content (AvgIpc) is 2.03. The van der Waals surface area contributed by atoms with Crippen LogP contribution in [0.3, 0.4) is 0 Å². The van der Waals surface area contributed by atoms with Crippen LogP contribution >= 0.6 is 0 Å². The number of benzene rings is 1. The van der Waals surface area contributed by atoms with Crippen molar-refractivity contribution in [2.75, 3.05) is 6.54 Å². The van der Waals surface area contributed by atoms with E-state index in [-0.39, 0.29) is 20.9 Å². The number of hydrogen-bond donors (Lipinski definition) is 1. The van der Waals surface area contributed by atoms with Crippen molar-refractivity contribution in [1.29, 1.82) is 0 Å². The van der Waals surface area contributed by atoms with Gasteiger partial charge in [0, 0.05) is 0 Å². The second kappa shape index (κ2) is 4.73. The third kappa shape index (κ3) is 2.70. The Hall–Kier alpha value is -0.0304. The van der Waals surface area contributed by atoms with Crippen LogP contribution < -0.4 is 9.35 Å². The molecule has 2 N–H and O–H groups in total. The Labute approximate surface area is 71.7 Å². The summed E-state index contributed by atoms with van der Waals surface area (Å²) in [6, 6.07) is 10.6. The molecule has 2 heteroatoms. The van der Waals surface area contributed by atoms with Crippen LogP contribution in [0.15, 0.2) is 30.3 Å². The van der Waals surface area contributed by atoms with Gasteiger partial charge in [-0.3, -0.25) is 0 Å². The van der Waals surface area contributed by atoms with Gasteiger partial charge in [-0.2, -0.15) is 0 Å². The minimum atomic E-state index is 0.0368. The molecule has 0 radical (unpaired) electrons. The summed E-state index contributed by atoms with van der Waals surface area (Å²) in [5.41, 5.74) is 5.41. The first-order chi connectivity index (χ1) is 4.93. The molecule has 1 nitrogen and oxygen atoms in total. The summed E-state index contributed by atoms with van der Waals surface area (Å²) in [5.74, 6) is 0. The standard InChI is InChI=1S/C8H11NTe/c9-6-7-10-8-4-2-1-3-5-8/h1-5H,6-7,9H2. The van der Waals surface area contributed by atoms with Gasteiger partial charge in [-0.15, -0.1) is 0 Å². The molecule has 0 aliphatic heterocycles. The molecule has 1 aromatic rings. The first kappa shape index (κ1) is 8.07. The molecule has 0 bridgehead atoms. The van der Waals surface area contributed by atoms with Gasteiger partial charge in [0.1, 0.15) is 0 Å². The Morgan fingerprint density at radius 2 is 1.90 bits per heavy atom. The summed E-state index contributed by atoms with van der Waals surface area (Å²) in [5, 5.41) is 0. The molecule has 0 saturated carbocycles. The van der Waals surface area contributed by atoms with Crippen molar-refractivity contribution in [1.82, 2.24) is 0 Å². The molecule has 1 rings (SSSR count). The van der Waals surface area contributed by atoms with Crippen molar-refractivity contribution >= 4 is 24.5 Å². The van der Waals surface area contributed by atoms with Crippen LogP contribution in [0.5, 0.6) is 0 Å². The first-order valence-electron chi connectivity index (χ1n) is 3.31. The maximum absolute atomic E-state index is 5.41. The van der Waals surface area contributed by atoms with Gasteiger partial charge in [0.25, 0.3) is 0 Å². The third-order valence-corrected chi connectivity index (χ3v) is 4.11. The molecule has 54 valence electrons. The molecular formula is C8H11NTe. The average molecular weight is 249 g/mol. The van der Waals surface area contributed by atoms with Gasteiger partial charge in [0.15, 0.2) is 0 Å². The summed E-state index contributed by atoms with van der Waals surface area (Å²) < 4.78 is 2.73. The number of rotatable bonds is 3. The van der Waals surface area contributed by atoms with E-state index in [0.717, 1.165) is 6.54 Å². The molecular weight excluding hydrogens is 238 g/mol. The molecule has 0 aromatic heterocycles. The minimum absolute atomic E-state index is 0.0368. The normalized spacial score (nSPS) is 9.70. The van der Waals surface area contributed by atoms with E-state index < -0.39 is 0 Å². The monoisotopic (exact) mass is 251 g/mol. The Balaban J connectivity index is 2.43. The number of hydrogen-bond acceptors (Lipinski definition) is 1. The zero-order valence-electron chi connectivity index (χ0n) is 5.79. The third-order valence-electron chi connectivity index (χ3n) is 1.13. The molecule has 1 aromatic carbocycles. The van der Waals surface area contributed by atoms with E-state index >= 15 is 0 Å². The molecule has 0 aliphatic carbocycles. The first-order valence-corrected chi connectivity index (χ1v) is 6.12. The molecule has 0 aliphatic rings.